The second kappa shape index (κ2) is 4.53. The van der Waals surface area contributed by atoms with Crippen LogP contribution in [0.15, 0.2) is 6.20 Å². The topological polar surface area (TPSA) is 34.0 Å². The highest BCUT2D eigenvalue weighted by Gasteiger charge is 2.28. The number of hydrogen-bond acceptors (Lipinski definition) is 3. The Labute approximate surface area is 97.6 Å². The highest BCUT2D eigenvalue weighted by molar-refractivity contribution is 5.09. The molecule has 0 amide bonds. The molecule has 1 aliphatic rings. The van der Waals surface area contributed by atoms with Gasteiger partial charge in [-0.1, -0.05) is 19.1 Å². The smallest absolute Gasteiger partial charge is 0.0858 e. The van der Waals surface area contributed by atoms with Crippen LogP contribution in [0.2, 0.25) is 0 Å². The van der Waals surface area contributed by atoms with Gasteiger partial charge < -0.3 is 4.90 Å². The van der Waals surface area contributed by atoms with Crippen molar-refractivity contribution in [2.45, 2.75) is 38.6 Å². The van der Waals surface area contributed by atoms with Crippen LogP contribution in [0.4, 0.5) is 0 Å². The molecule has 1 unspecified atom stereocenters. The first kappa shape index (κ1) is 11.6. The van der Waals surface area contributed by atoms with E-state index in [0.717, 1.165) is 6.54 Å². The van der Waals surface area contributed by atoms with Gasteiger partial charge in [0.1, 0.15) is 0 Å². The molecule has 0 bridgehead atoms. The lowest BCUT2D eigenvalue weighted by Crippen LogP contribution is -2.28. The Kier molecular flexibility index (Phi) is 3.28. The zero-order valence-electron chi connectivity index (χ0n) is 10.7. The van der Waals surface area contributed by atoms with Crippen molar-refractivity contribution >= 4 is 0 Å². The molecule has 1 atom stereocenters. The van der Waals surface area contributed by atoms with Crippen LogP contribution in [0.25, 0.3) is 0 Å². The first-order valence-electron chi connectivity index (χ1n) is 6.14. The van der Waals surface area contributed by atoms with Crippen molar-refractivity contribution in [3.8, 4) is 0 Å². The molecule has 0 radical (unpaired) electrons. The molecule has 0 N–H and O–H groups in total. The fourth-order valence-electron chi connectivity index (χ4n) is 1.99. The molecule has 1 aliphatic carbocycles. The first-order valence-corrected chi connectivity index (χ1v) is 6.14. The van der Waals surface area contributed by atoms with Crippen LogP contribution in [-0.4, -0.2) is 40.5 Å². The second-order valence-corrected chi connectivity index (χ2v) is 5.47. The Hall–Kier alpha value is -0.900. The minimum atomic E-state index is 0.426. The third-order valence-corrected chi connectivity index (χ3v) is 3.19. The third kappa shape index (κ3) is 2.61. The first-order chi connectivity index (χ1) is 7.58. The van der Waals surface area contributed by atoms with Crippen LogP contribution < -0.4 is 0 Å². The molecule has 90 valence electrons. The second-order valence-electron chi connectivity index (χ2n) is 5.47. The number of aromatic nitrogens is 3. The maximum absolute atomic E-state index is 4.29. The zero-order chi connectivity index (χ0) is 11.7. The zero-order valence-corrected chi connectivity index (χ0v) is 10.7. The predicted octanol–water partition coefficient (Wildman–Crippen LogP) is 1.91. The summed E-state index contributed by atoms with van der Waals surface area (Å²) in [6.45, 7) is 5.50. The molecule has 16 heavy (non-hydrogen) atoms. The van der Waals surface area contributed by atoms with E-state index in [9.17, 15) is 0 Å². The number of nitrogens with zero attached hydrogens (tertiary/aromatic N) is 4. The molecule has 0 saturated heterocycles. The van der Waals surface area contributed by atoms with Gasteiger partial charge in [-0.2, -0.15) is 0 Å². The van der Waals surface area contributed by atoms with Gasteiger partial charge in [-0.25, -0.2) is 4.68 Å². The molecule has 0 aliphatic heterocycles. The van der Waals surface area contributed by atoms with Crippen LogP contribution in [-0.2, 0) is 0 Å². The summed E-state index contributed by atoms with van der Waals surface area (Å²) in [7, 11) is 4.21. The summed E-state index contributed by atoms with van der Waals surface area (Å²) in [6, 6.07) is 0.426. The fraction of sp³-hybridized carbons (Fsp3) is 0.833. The molecule has 2 rings (SSSR count). The van der Waals surface area contributed by atoms with Crippen molar-refractivity contribution in [1.82, 2.24) is 19.9 Å². The lowest BCUT2D eigenvalue weighted by atomic mass is 10.0. The molecule has 0 spiro atoms. The largest absolute Gasteiger partial charge is 0.307 e. The molecule has 0 aromatic carbocycles. The summed E-state index contributed by atoms with van der Waals surface area (Å²) >= 11 is 0. The third-order valence-electron chi connectivity index (χ3n) is 3.19. The molecule has 1 saturated carbocycles. The summed E-state index contributed by atoms with van der Waals surface area (Å²) < 4.78 is 2.05. The summed E-state index contributed by atoms with van der Waals surface area (Å²) in [5.74, 6) is 1.28. The van der Waals surface area contributed by atoms with Gasteiger partial charge in [-0.05, 0) is 32.9 Å². The molecular weight excluding hydrogens is 200 g/mol. The number of hydrogen-bond donors (Lipinski definition) is 0. The predicted molar refractivity (Wildman–Crippen MR) is 64.4 cm³/mol. The van der Waals surface area contributed by atoms with E-state index in [4.69, 9.17) is 0 Å². The van der Waals surface area contributed by atoms with Crippen molar-refractivity contribution in [1.29, 1.82) is 0 Å². The molecule has 4 nitrogen and oxygen atoms in total. The molecular formula is C12H22N4. The van der Waals surface area contributed by atoms with Crippen LogP contribution in [0.5, 0.6) is 0 Å². The number of likely N-dealkylation sites (N-methyl/N-ethyl adjacent to an activating group) is 1. The van der Waals surface area contributed by atoms with E-state index >= 15 is 0 Å². The van der Waals surface area contributed by atoms with E-state index < -0.39 is 0 Å². The van der Waals surface area contributed by atoms with Crippen molar-refractivity contribution in [3.63, 3.8) is 0 Å². The average Bonchev–Trinajstić information content (AvgIpc) is 2.93. The average molecular weight is 222 g/mol. The molecule has 1 aromatic rings. The van der Waals surface area contributed by atoms with Gasteiger partial charge in [0.05, 0.1) is 11.7 Å². The SMILES string of the molecule is CC(C)C(CN(C)C)n1cc(C2CC2)nn1. The maximum atomic E-state index is 4.29. The summed E-state index contributed by atoms with van der Waals surface area (Å²) in [5.41, 5.74) is 1.18. The minimum absolute atomic E-state index is 0.426. The summed E-state index contributed by atoms with van der Waals surface area (Å²) in [4.78, 5) is 2.21. The highest BCUT2D eigenvalue weighted by Crippen LogP contribution is 2.38. The van der Waals surface area contributed by atoms with Crippen molar-refractivity contribution < 1.29 is 0 Å². The van der Waals surface area contributed by atoms with E-state index in [-0.39, 0.29) is 0 Å². The molecule has 1 aromatic heterocycles. The monoisotopic (exact) mass is 222 g/mol. The van der Waals surface area contributed by atoms with Gasteiger partial charge >= 0.3 is 0 Å². The highest BCUT2D eigenvalue weighted by atomic mass is 15.4. The van der Waals surface area contributed by atoms with Crippen LogP contribution in [0, 0.1) is 5.92 Å². The Morgan fingerprint density at radius 1 is 1.44 bits per heavy atom. The molecule has 4 heteroatoms. The van der Waals surface area contributed by atoms with Gasteiger partial charge in [0.2, 0.25) is 0 Å². The fourth-order valence-corrected chi connectivity index (χ4v) is 1.99. The van der Waals surface area contributed by atoms with Crippen molar-refractivity contribution in [3.05, 3.63) is 11.9 Å². The van der Waals surface area contributed by atoms with Crippen molar-refractivity contribution in [2.24, 2.45) is 5.92 Å². The normalized spacial score (nSPS) is 18.4. The quantitative estimate of drug-likeness (QED) is 0.763. The Morgan fingerprint density at radius 2 is 2.12 bits per heavy atom. The van der Waals surface area contributed by atoms with E-state index in [1.54, 1.807) is 0 Å². The lowest BCUT2D eigenvalue weighted by molar-refractivity contribution is 0.250. The Morgan fingerprint density at radius 3 is 2.62 bits per heavy atom. The van der Waals surface area contributed by atoms with Crippen LogP contribution >= 0.6 is 0 Å². The lowest BCUT2D eigenvalue weighted by Gasteiger charge is -2.24. The van der Waals surface area contributed by atoms with E-state index in [1.807, 2.05) is 0 Å². The van der Waals surface area contributed by atoms with Gasteiger partial charge in [0.25, 0.3) is 0 Å². The minimum Gasteiger partial charge on any atom is -0.307 e. The van der Waals surface area contributed by atoms with Gasteiger partial charge in [0, 0.05) is 18.7 Å². The van der Waals surface area contributed by atoms with Crippen LogP contribution in [0.3, 0.4) is 0 Å². The standard InChI is InChI=1S/C12H22N4/c1-9(2)12(8-15(3)4)16-7-11(13-14-16)10-5-6-10/h7,9-10,12H,5-6,8H2,1-4H3. The number of rotatable bonds is 5. The van der Waals surface area contributed by atoms with Gasteiger partial charge in [-0.15, -0.1) is 5.10 Å². The van der Waals surface area contributed by atoms with E-state index in [0.29, 0.717) is 17.9 Å². The Balaban J connectivity index is 2.10. The van der Waals surface area contributed by atoms with Gasteiger partial charge in [0.15, 0.2) is 0 Å². The van der Waals surface area contributed by atoms with E-state index in [2.05, 4.69) is 54.0 Å². The maximum Gasteiger partial charge on any atom is 0.0858 e. The summed E-state index contributed by atoms with van der Waals surface area (Å²) in [6.07, 6.45) is 4.73. The van der Waals surface area contributed by atoms with Gasteiger partial charge in [-0.3, -0.25) is 0 Å². The summed E-state index contributed by atoms with van der Waals surface area (Å²) in [5, 5.41) is 8.58. The van der Waals surface area contributed by atoms with Crippen molar-refractivity contribution in [2.75, 3.05) is 20.6 Å². The molecule has 1 fully saturated rings. The van der Waals surface area contributed by atoms with Crippen LogP contribution in [0.1, 0.15) is 44.3 Å². The molecule has 1 heterocycles. The Bertz CT molecular complexity index is 339. The van der Waals surface area contributed by atoms with E-state index in [1.165, 1.54) is 18.5 Å².